The van der Waals surface area contributed by atoms with Crippen LogP contribution in [-0.2, 0) is 14.8 Å². The predicted molar refractivity (Wildman–Crippen MR) is 68.7 cm³/mol. The Morgan fingerprint density at radius 2 is 2.11 bits per heavy atom. The first-order valence-electron chi connectivity index (χ1n) is 5.69. The van der Waals surface area contributed by atoms with E-state index >= 15 is 0 Å². The third-order valence-corrected chi connectivity index (χ3v) is 4.09. The highest BCUT2D eigenvalue weighted by Crippen LogP contribution is 2.17. The topological polar surface area (TPSA) is 83.5 Å². The van der Waals surface area contributed by atoms with E-state index in [0.717, 1.165) is 0 Å². The summed E-state index contributed by atoms with van der Waals surface area (Å²) in [5.41, 5.74) is 0.965. The molecule has 0 bridgehead atoms. The van der Waals surface area contributed by atoms with Crippen LogP contribution in [0.25, 0.3) is 0 Å². The minimum atomic E-state index is -3.70. The molecule has 106 valence electrons. The number of carboxylic acids is 1. The molecule has 0 spiro atoms. The molecule has 0 aliphatic rings. The van der Waals surface area contributed by atoms with Gasteiger partial charge in [-0.25, -0.2) is 17.5 Å². The maximum Gasteiger partial charge on any atom is 0.304 e. The maximum atomic E-state index is 13.4. The number of nitrogens with one attached hydrogen (secondary N) is 1. The van der Waals surface area contributed by atoms with Gasteiger partial charge in [-0.1, -0.05) is 12.1 Å². The largest absolute Gasteiger partial charge is 0.481 e. The molecule has 5 nitrogen and oxygen atoms in total. The van der Waals surface area contributed by atoms with E-state index in [1.165, 1.54) is 6.07 Å². The van der Waals surface area contributed by atoms with Crippen molar-refractivity contribution in [2.24, 2.45) is 0 Å². The fraction of sp³-hybridized carbons (Fsp3) is 0.417. The number of halogens is 1. The monoisotopic (exact) mass is 289 g/mol. The van der Waals surface area contributed by atoms with Gasteiger partial charge in [-0.2, -0.15) is 0 Å². The van der Waals surface area contributed by atoms with Crippen LogP contribution in [0.4, 0.5) is 4.39 Å². The summed E-state index contributed by atoms with van der Waals surface area (Å²) in [5.74, 6) is -2.09. The molecule has 0 radical (unpaired) electrons. The molecule has 7 heteroatoms. The standard InChI is InChI=1S/C12H16FNO4S/c1-8-3-4-10(7-11(8)13)9(2)14-19(17,18)6-5-12(15)16/h3-4,7,9,14H,5-6H2,1-2H3,(H,15,16). The Labute approximate surface area is 111 Å². The first-order valence-corrected chi connectivity index (χ1v) is 7.34. The van der Waals surface area contributed by atoms with Crippen molar-refractivity contribution in [2.75, 3.05) is 5.75 Å². The highest BCUT2D eigenvalue weighted by atomic mass is 32.2. The number of hydrogen-bond acceptors (Lipinski definition) is 3. The third kappa shape index (κ3) is 4.96. The van der Waals surface area contributed by atoms with Crippen molar-refractivity contribution in [1.29, 1.82) is 0 Å². The van der Waals surface area contributed by atoms with Gasteiger partial charge in [0.15, 0.2) is 0 Å². The number of hydrogen-bond donors (Lipinski definition) is 2. The van der Waals surface area contributed by atoms with E-state index in [4.69, 9.17) is 5.11 Å². The first-order chi connectivity index (χ1) is 8.71. The van der Waals surface area contributed by atoms with Crippen LogP contribution >= 0.6 is 0 Å². The fourth-order valence-electron chi connectivity index (χ4n) is 1.50. The third-order valence-electron chi connectivity index (χ3n) is 2.64. The fourth-order valence-corrected chi connectivity index (χ4v) is 2.73. The van der Waals surface area contributed by atoms with Crippen molar-refractivity contribution in [2.45, 2.75) is 26.3 Å². The number of rotatable bonds is 6. The molecule has 0 amide bonds. The second-order valence-corrected chi connectivity index (χ2v) is 6.18. The van der Waals surface area contributed by atoms with E-state index in [1.54, 1.807) is 26.0 Å². The summed E-state index contributed by atoms with van der Waals surface area (Å²) in [6.07, 6.45) is -0.468. The number of carboxylic acid groups (broad SMARTS) is 1. The van der Waals surface area contributed by atoms with Gasteiger partial charge < -0.3 is 5.11 Å². The quantitative estimate of drug-likeness (QED) is 0.833. The summed E-state index contributed by atoms with van der Waals surface area (Å²) >= 11 is 0. The number of aliphatic carboxylic acids is 1. The highest BCUT2D eigenvalue weighted by Gasteiger charge is 2.17. The lowest BCUT2D eigenvalue weighted by atomic mass is 10.1. The minimum Gasteiger partial charge on any atom is -0.481 e. The van der Waals surface area contributed by atoms with E-state index in [1.807, 2.05) is 0 Å². The van der Waals surface area contributed by atoms with E-state index in [9.17, 15) is 17.6 Å². The van der Waals surface area contributed by atoms with Crippen molar-refractivity contribution in [1.82, 2.24) is 4.72 Å². The van der Waals surface area contributed by atoms with Gasteiger partial charge in [0, 0.05) is 6.04 Å². The van der Waals surface area contributed by atoms with Gasteiger partial charge in [-0.3, -0.25) is 4.79 Å². The number of aryl methyl sites for hydroxylation is 1. The van der Waals surface area contributed by atoms with E-state index < -0.39 is 40.0 Å². The molecule has 19 heavy (non-hydrogen) atoms. The molecule has 0 saturated carbocycles. The summed E-state index contributed by atoms with van der Waals surface area (Å²) in [4.78, 5) is 10.3. The lowest BCUT2D eigenvalue weighted by Crippen LogP contribution is -2.30. The van der Waals surface area contributed by atoms with Crippen LogP contribution in [0.2, 0.25) is 0 Å². The molecule has 1 unspecified atom stereocenters. The second-order valence-electron chi connectivity index (χ2n) is 4.31. The van der Waals surface area contributed by atoms with E-state index in [2.05, 4.69) is 4.72 Å². The molecule has 0 saturated heterocycles. The van der Waals surface area contributed by atoms with Crippen LogP contribution in [0.5, 0.6) is 0 Å². The van der Waals surface area contributed by atoms with Gasteiger partial charge in [0.2, 0.25) is 10.0 Å². The molecule has 0 aliphatic carbocycles. The summed E-state index contributed by atoms with van der Waals surface area (Å²) in [7, 11) is -3.70. The number of sulfonamides is 1. The molecule has 0 aliphatic heterocycles. The summed E-state index contributed by atoms with van der Waals surface area (Å²) < 4.78 is 38.9. The Bertz CT molecular complexity index is 571. The maximum absolute atomic E-state index is 13.4. The van der Waals surface area contributed by atoms with Gasteiger partial charge in [0.05, 0.1) is 12.2 Å². The minimum absolute atomic E-state index is 0.408. The summed E-state index contributed by atoms with van der Waals surface area (Å²) in [6.45, 7) is 3.18. The molecule has 1 atom stereocenters. The van der Waals surface area contributed by atoms with Crippen molar-refractivity contribution < 1.29 is 22.7 Å². The Balaban J connectivity index is 2.75. The summed E-state index contributed by atoms with van der Waals surface area (Å²) in [5, 5.41) is 8.45. The average molecular weight is 289 g/mol. The van der Waals surface area contributed by atoms with Crippen molar-refractivity contribution in [3.63, 3.8) is 0 Å². The first kappa shape index (κ1) is 15.6. The zero-order valence-corrected chi connectivity index (χ0v) is 11.5. The number of carbonyl (C=O) groups is 1. The van der Waals surface area contributed by atoms with Crippen LogP contribution in [0, 0.1) is 12.7 Å². The normalized spacial score (nSPS) is 13.2. The van der Waals surface area contributed by atoms with Gasteiger partial charge in [0.25, 0.3) is 0 Å². The number of benzene rings is 1. The van der Waals surface area contributed by atoms with Gasteiger partial charge >= 0.3 is 5.97 Å². The van der Waals surface area contributed by atoms with Crippen LogP contribution in [0.15, 0.2) is 18.2 Å². The molecule has 0 aromatic heterocycles. The summed E-state index contributed by atoms with van der Waals surface area (Å²) in [6, 6.07) is 3.84. The Morgan fingerprint density at radius 1 is 1.47 bits per heavy atom. The molecule has 1 rings (SSSR count). The molecule has 1 aromatic rings. The second kappa shape index (κ2) is 6.12. The van der Waals surface area contributed by atoms with Crippen LogP contribution in [-0.4, -0.2) is 25.2 Å². The molecular formula is C12H16FNO4S. The van der Waals surface area contributed by atoms with E-state index in [0.29, 0.717) is 11.1 Å². The smallest absolute Gasteiger partial charge is 0.304 e. The van der Waals surface area contributed by atoms with Gasteiger partial charge in [0.1, 0.15) is 5.82 Å². The lowest BCUT2D eigenvalue weighted by Gasteiger charge is -2.14. The molecule has 2 N–H and O–H groups in total. The zero-order valence-electron chi connectivity index (χ0n) is 10.7. The molecule has 0 heterocycles. The Morgan fingerprint density at radius 3 is 2.63 bits per heavy atom. The Kier molecular flexibility index (Phi) is 5.02. The zero-order chi connectivity index (χ0) is 14.6. The van der Waals surface area contributed by atoms with Crippen LogP contribution < -0.4 is 4.72 Å². The predicted octanol–water partition coefficient (Wildman–Crippen LogP) is 1.59. The van der Waals surface area contributed by atoms with Crippen molar-refractivity contribution in [3.8, 4) is 0 Å². The Hall–Kier alpha value is -1.47. The molecule has 0 fully saturated rings. The van der Waals surface area contributed by atoms with Crippen molar-refractivity contribution in [3.05, 3.63) is 35.1 Å². The average Bonchev–Trinajstić information content (AvgIpc) is 2.29. The highest BCUT2D eigenvalue weighted by molar-refractivity contribution is 7.89. The van der Waals surface area contributed by atoms with Gasteiger partial charge in [-0.15, -0.1) is 0 Å². The molecular weight excluding hydrogens is 273 g/mol. The van der Waals surface area contributed by atoms with Crippen LogP contribution in [0.1, 0.15) is 30.5 Å². The SMILES string of the molecule is Cc1ccc(C(C)NS(=O)(=O)CCC(=O)O)cc1F. The van der Waals surface area contributed by atoms with Gasteiger partial charge in [-0.05, 0) is 31.0 Å². The molecule has 1 aromatic carbocycles. The van der Waals surface area contributed by atoms with Crippen LogP contribution in [0.3, 0.4) is 0 Å². The van der Waals surface area contributed by atoms with Crippen molar-refractivity contribution >= 4 is 16.0 Å². The van der Waals surface area contributed by atoms with E-state index in [-0.39, 0.29) is 0 Å². The lowest BCUT2D eigenvalue weighted by molar-refractivity contribution is -0.136.